The maximum atomic E-state index is 11.6. The lowest BCUT2D eigenvalue weighted by Gasteiger charge is -2.46. The molecule has 12 heteroatoms. The van der Waals surface area contributed by atoms with Gasteiger partial charge in [0, 0.05) is 81.1 Å². The zero-order valence-electron chi connectivity index (χ0n) is 42.1. The summed E-state index contributed by atoms with van der Waals surface area (Å²) >= 11 is 0. The van der Waals surface area contributed by atoms with Crippen LogP contribution in [0.25, 0.3) is 0 Å². The highest BCUT2D eigenvalue weighted by Gasteiger charge is 2.45. The highest BCUT2D eigenvalue weighted by atomic mass is 16.7. The van der Waals surface area contributed by atoms with Crippen molar-refractivity contribution < 1.29 is 57.6 Å². The fraction of sp³-hybridized carbons (Fsp3) is 0.846. The average Bonchev–Trinajstić information content (AvgIpc) is 3.27. The first-order chi connectivity index (χ1) is 30.7. The standard InChI is InChI=1S/C52H90O12/c1-15-41(55-8)35(6)37-24-26-39(37)47(53)31(2)20-17-22-34(5)50-52(61-14)44(30-46(59-12)64-50)62-28-18-23-42(56-9)36(7)38-25-27-40(38)48(54)32(3)19-16-21-33(4)49-51(60-13)43(57-10)29-45(58-11)63-49/h16-17,19-22,31-32,35-54H,15,18,23-30H2,1-14H3/b19-16+,20-17+,33-21+,34-22+/t31-,32-,35-,36-,37+,38+,39-,40-,41-,42-,43-,44-,45+,46+,47+,48+,49+,50+,51+,52-/m0/s1. The summed E-state index contributed by atoms with van der Waals surface area (Å²) in [4.78, 5) is 0. The van der Waals surface area contributed by atoms with Crippen molar-refractivity contribution in [2.45, 2.75) is 180 Å². The number of hydrogen-bond donors (Lipinski definition) is 2. The lowest BCUT2D eigenvalue weighted by molar-refractivity contribution is -0.246. The minimum absolute atomic E-state index is 0.0179. The van der Waals surface area contributed by atoms with Gasteiger partial charge in [0.05, 0.1) is 36.6 Å². The van der Waals surface area contributed by atoms with Gasteiger partial charge in [0.1, 0.15) is 24.4 Å². The molecule has 4 fully saturated rings. The number of rotatable bonds is 27. The number of methoxy groups -OCH3 is 7. The summed E-state index contributed by atoms with van der Waals surface area (Å²) in [7, 11) is 12.0. The van der Waals surface area contributed by atoms with Gasteiger partial charge in [-0.3, -0.25) is 0 Å². The Morgan fingerprint density at radius 2 is 1.03 bits per heavy atom. The second-order valence-corrected chi connectivity index (χ2v) is 19.4. The molecular weight excluding hydrogens is 817 g/mol. The molecule has 4 rings (SSSR count). The highest BCUT2D eigenvalue weighted by Crippen LogP contribution is 2.47. The fourth-order valence-electron chi connectivity index (χ4n) is 11.2. The summed E-state index contributed by atoms with van der Waals surface area (Å²) in [5.41, 5.74) is 2.02. The summed E-state index contributed by atoms with van der Waals surface area (Å²) in [6.45, 7) is 15.6. The minimum Gasteiger partial charge on any atom is -0.392 e. The largest absolute Gasteiger partial charge is 0.392 e. The Kier molecular flexibility index (Phi) is 23.6. The van der Waals surface area contributed by atoms with E-state index in [2.05, 4.69) is 59.8 Å². The van der Waals surface area contributed by atoms with Crippen molar-refractivity contribution in [2.75, 3.05) is 56.4 Å². The Hall–Kier alpha value is -1.52. The maximum absolute atomic E-state index is 11.6. The van der Waals surface area contributed by atoms with Crippen LogP contribution < -0.4 is 0 Å². The zero-order chi connectivity index (χ0) is 47.1. The lowest BCUT2D eigenvalue weighted by atomic mass is 9.62. The molecule has 0 aromatic heterocycles. The van der Waals surface area contributed by atoms with Gasteiger partial charge in [-0.05, 0) is 105 Å². The van der Waals surface area contributed by atoms with Gasteiger partial charge in [0.2, 0.25) is 0 Å². The van der Waals surface area contributed by atoms with Crippen LogP contribution in [-0.2, 0) is 47.4 Å². The molecule has 0 spiro atoms. The van der Waals surface area contributed by atoms with Crippen molar-refractivity contribution in [2.24, 2.45) is 47.3 Å². The van der Waals surface area contributed by atoms with Crippen molar-refractivity contribution in [1.82, 2.24) is 0 Å². The number of aliphatic hydroxyl groups is 2. The van der Waals surface area contributed by atoms with Crippen LogP contribution in [0, 0.1) is 47.3 Å². The van der Waals surface area contributed by atoms with Crippen molar-refractivity contribution in [3.8, 4) is 0 Å². The topological polar surface area (TPSA) is 133 Å². The van der Waals surface area contributed by atoms with E-state index in [1.807, 2.05) is 25.2 Å². The van der Waals surface area contributed by atoms with Crippen LogP contribution >= 0.6 is 0 Å². The Bertz CT molecular complexity index is 1450. The van der Waals surface area contributed by atoms with Crippen molar-refractivity contribution in [3.63, 3.8) is 0 Å². The normalized spacial score (nSPS) is 35.6. The van der Waals surface area contributed by atoms with Gasteiger partial charge in [0.25, 0.3) is 0 Å². The molecule has 0 bridgehead atoms. The third-order valence-electron chi connectivity index (χ3n) is 15.8. The molecule has 0 amide bonds. The van der Waals surface area contributed by atoms with E-state index in [-0.39, 0.29) is 78.8 Å². The Balaban J connectivity index is 1.27. The second-order valence-electron chi connectivity index (χ2n) is 19.4. The Morgan fingerprint density at radius 1 is 0.594 bits per heavy atom. The average molecular weight is 907 g/mol. The van der Waals surface area contributed by atoms with Gasteiger partial charge in [-0.1, -0.05) is 71.1 Å². The van der Waals surface area contributed by atoms with E-state index in [9.17, 15) is 10.2 Å². The monoisotopic (exact) mass is 907 g/mol. The van der Waals surface area contributed by atoms with Crippen LogP contribution in [0.1, 0.15) is 106 Å². The molecule has 0 radical (unpaired) electrons. The molecule has 0 aromatic rings. The molecule has 20 atom stereocenters. The highest BCUT2D eigenvalue weighted by molar-refractivity contribution is 5.20. The third kappa shape index (κ3) is 14.0. The first-order valence-corrected chi connectivity index (χ1v) is 24.4. The van der Waals surface area contributed by atoms with Gasteiger partial charge in [-0.25, -0.2) is 0 Å². The van der Waals surface area contributed by atoms with E-state index in [1.54, 1.807) is 49.8 Å². The molecule has 0 unspecified atom stereocenters. The van der Waals surface area contributed by atoms with E-state index in [4.69, 9.17) is 47.4 Å². The molecule has 2 saturated carbocycles. The summed E-state index contributed by atoms with van der Waals surface area (Å²) in [6, 6.07) is 0. The summed E-state index contributed by atoms with van der Waals surface area (Å²) in [5, 5.41) is 22.9. The molecular formula is C52H90O12. The number of hydrogen-bond acceptors (Lipinski definition) is 12. The maximum Gasteiger partial charge on any atom is 0.160 e. The predicted molar refractivity (Wildman–Crippen MR) is 251 cm³/mol. The summed E-state index contributed by atoms with van der Waals surface area (Å²) < 4.78 is 59.8. The number of aliphatic hydroxyl groups excluding tert-OH is 2. The van der Waals surface area contributed by atoms with Crippen LogP contribution in [0.4, 0.5) is 0 Å². The second kappa shape index (κ2) is 27.5. The van der Waals surface area contributed by atoms with Crippen LogP contribution in [0.3, 0.4) is 0 Å². The van der Waals surface area contributed by atoms with Gasteiger partial charge in [-0.15, -0.1) is 0 Å². The smallest absolute Gasteiger partial charge is 0.160 e. The lowest BCUT2D eigenvalue weighted by Crippen LogP contribution is -2.51. The number of allylic oxidation sites excluding steroid dienone is 4. The molecule has 0 aromatic carbocycles. The zero-order valence-corrected chi connectivity index (χ0v) is 42.1. The molecule has 4 aliphatic rings. The molecule has 2 heterocycles. The Morgan fingerprint density at radius 3 is 1.42 bits per heavy atom. The third-order valence-corrected chi connectivity index (χ3v) is 15.8. The van der Waals surface area contributed by atoms with Crippen LogP contribution in [0.5, 0.6) is 0 Å². The summed E-state index contributed by atoms with van der Waals surface area (Å²) in [6.07, 6.45) is 17.7. The Labute approximate surface area is 387 Å². The van der Waals surface area contributed by atoms with Crippen LogP contribution in [0.15, 0.2) is 47.6 Å². The quantitative estimate of drug-likeness (QED) is 0.0606. The van der Waals surface area contributed by atoms with E-state index in [1.165, 1.54) is 0 Å². The van der Waals surface area contributed by atoms with Crippen molar-refractivity contribution in [3.05, 3.63) is 47.6 Å². The molecule has 64 heavy (non-hydrogen) atoms. The first-order valence-electron chi connectivity index (χ1n) is 24.4. The molecule has 2 N–H and O–H groups in total. The molecule has 12 nitrogen and oxygen atoms in total. The minimum atomic E-state index is -0.450. The van der Waals surface area contributed by atoms with E-state index < -0.39 is 18.5 Å². The van der Waals surface area contributed by atoms with Gasteiger partial charge in [0.15, 0.2) is 12.6 Å². The molecule has 2 aliphatic heterocycles. The molecule has 2 saturated heterocycles. The molecule has 370 valence electrons. The van der Waals surface area contributed by atoms with E-state index >= 15 is 0 Å². The predicted octanol–water partition coefficient (Wildman–Crippen LogP) is 8.48. The van der Waals surface area contributed by atoms with Crippen molar-refractivity contribution in [1.29, 1.82) is 0 Å². The van der Waals surface area contributed by atoms with Crippen molar-refractivity contribution >= 4 is 0 Å². The van der Waals surface area contributed by atoms with Crippen LogP contribution in [0.2, 0.25) is 0 Å². The van der Waals surface area contributed by atoms with Gasteiger partial charge >= 0.3 is 0 Å². The van der Waals surface area contributed by atoms with Gasteiger partial charge in [-0.2, -0.15) is 0 Å². The summed E-state index contributed by atoms with van der Waals surface area (Å²) in [5.74, 6) is 2.08. The first kappa shape index (κ1) is 55.1. The van der Waals surface area contributed by atoms with Gasteiger partial charge < -0.3 is 57.6 Å². The number of ether oxygens (including phenoxy) is 10. The van der Waals surface area contributed by atoms with Crippen LogP contribution in [-0.4, -0.2) is 140 Å². The fourth-order valence-corrected chi connectivity index (χ4v) is 11.2. The van der Waals surface area contributed by atoms with E-state index in [0.29, 0.717) is 43.1 Å². The SMILES string of the molecule is CC[C@H](OC)[C@@H](C)[C@H]1CC[C@@H]1[C@H](O)[C@@H](C)/C=C/C=C(\C)[C@H]1O[C@@H](OC)C[C@H](OCCC[C@H](OC)[C@@H](C)[C@H]2CC[C@@H]2[C@H](O)[C@@H](C)/C=C/C=C(\C)[C@H]2O[C@@H](OC)C[C@H](OC)[C@H]2OC)[C@@H]1OC. The van der Waals surface area contributed by atoms with E-state index in [0.717, 1.165) is 56.1 Å². The molecule has 2 aliphatic carbocycles.